The van der Waals surface area contributed by atoms with Gasteiger partial charge in [-0.3, -0.25) is 14.2 Å². The second-order valence-electron chi connectivity index (χ2n) is 7.36. The first-order chi connectivity index (χ1) is 15.1. The van der Waals surface area contributed by atoms with Crippen molar-refractivity contribution in [2.75, 3.05) is 24.2 Å². The molecule has 2 heterocycles. The van der Waals surface area contributed by atoms with E-state index >= 15 is 0 Å². The van der Waals surface area contributed by atoms with E-state index in [0.717, 1.165) is 16.5 Å². The summed E-state index contributed by atoms with van der Waals surface area (Å²) in [5.74, 6) is 0.320. The molecule has 0 aliphatic carbocycles. The minimum atomic E-state index is -0.0707. The van der Waals surface area contributed by atoms with E-state index in [1.54, 1.807) is 6.20 Å². The minimum Gasteiger partial charge on any atom is -0.342 e. The number of aromatic nitrogens is 2. The number of halogens is 1. The molecular formula is C23H23ClN4O2S. The SMILES string of the molecule is O=C(Nc1ccccc1)C1CCN(C(=O)CSc2nccn2-c2cccc(Cl)c2)CC1. The molecule has 31 heavy (non-hydrogen) atoms. The highest BCUT2D eigenvalue weighted by Gasteiger charge is 2.27. The van der Waals surface area contributed by atoms with Crippen molar-refractivity contribution in [3.8, 4) is 5.69 Å². The van der Waals surface area contributed by atoms with Gasteiger partial charge in [-0.2, -0.15) is 0 Å². The van der Waals surface area contributed by atoms with Crippen molar-refractivity contribution in [3.63, 3.8) is 0 Å². The van der Waals surface area contributed by atoms with Gasteiger partial charge in [0.2, 0.25) is 11.8 Å². The zero-order valence-electron chi connectivity index (χ0n) is 16.9. The lowest BCUT2D eigenvalue weighted by atomic mass is 9.96. The molecule has 3 aromatic rings. The number of carbonyl (C=O) groups excluding carboxylic acids is 2. The van der Waals surface area contributed by atoms with E-state index < -0.39 is 0 Å². The van der Waals surface area contributed by atoms with Crippen LogP contribution in [0.15, 0.2) is 72.1 Å². The molecule has 0 saturated carbocycles. The fourth-order valence-electron chi connectivity index (χ4n) is 3.59. The van der Waals surface area contributed by atoms with Crippen LogP contribution in [0, 0.1) is 5.92 Å². The van der Waals surface area contributed by atoms with Crippen LogP contribution in [0.5, 0.6) is 0 Å². The van der Waals surface area contributed by atoms with Crippen molar-refractivity contribution in [2.24, 2.45) is 5.92 Å². The fraction of sp³-hybridized carbons (Fsp3) is 0.261. The predicted molar refractivity (Wildman–Crippen MR) is 124 cm³/mol. The summed E-state index contributed by atoms with van der Waals surface area (Å²) < 4.78 is 1.92. The summed E-state index contributed by atoms with van der Waals surface area (Å²) in [6.07, 6.45) is 4.91. The zero-order chi connectivity index (χ0) is 21.6. The molecule has 2 aromatic carbocycles. The Kier molecular flexibility index (Phi) is 6.94. The standard InChI is InChI=1S/C23H23ClN4O2S/c24-18-5-4-8-20(15-18)28-14-11-25-23(28)31-16-21(29)27-12-9-17(10-13-27)22(30)26-19-6-2-1-3-7-19/h1-8,11,14-15,17H,9-10,12-13,16H2,(H,26,30). The number of benzene rings is 2. The number of carbonyl (C=O) groups is 2. The van der Waals surface area contributed by atoms with E-state index in [-0.39, 0.29) is 17.7 Å². The van der Waals surface area contributed by atoms with Gasteiger partial charge in [0.05, 0.1) is 5.75 Å². The van der Waals surface area contributed by atoms with Gasteiger partial charge in [-0.05, 0) is 43.2 Å². The molecule has 1 saturated heterocycles. The highest BCUT2D eigenvalue weighted by atomic mass is 35.5. The van der Waals surface area contributed by atoms with Crippen LogP contribution in [0.4, 0.5) is 5.69 Å². The van der Waals surface area contributed by atoms with Crippen molar-refractivity contribution in [1.82, 2.24) is 14.5 Å². The molecule has 4 rings (SSSR count). The van der Waals surface area contributed by atoms with Crippen molar-refractivity contribution in [3.05, 3.63) is 72.0 Å². The maximum atomic E-state index is 12.7. The number of piperidine rings is 1. The molecule has 0 atom stereocenters. The van der Waals surface area contributed by atoms with Crippen LogP contribution in [0.3, 0.4) is 0 Å². The maximum Gasteiger partial charge on any atom is 0.233 e. The second kappa shape index (κ2) is 10.0. The monoisotopic (exact) mass is 454 g/mol. The zero-order valence-corrected chi connectivity index (χ0v) is 18.5. The summed E-state index contributed by atoms with van der Waals surface area (Å²) in [6.45, 7) is 1.18. The molecule has 1 aliphatic rings. The van der Waals surface area contributed by atoms with Crippen LogP contribution in [0.2, 0.25) is 5.02 Å². The largest absolute Gasteiger partial charge is 0.342 e. The molecule has 2 amide bonds. The lowest BCUT2D eigenvalue weighted by Gasteiger charge is -2.31. The van der Waals surface area contributed by atoms with Crippen molar-refractivity contribution in [2.45, 2.75) is 18.0 Å². The third-order valence-corrected chi connectivity index (χ3v) is 6.46. The van der Waals surface area contributed by atoms with Gasteiger partial charge >= 0.3 is 0 Å². The summed E-state index contributed by atoms with van der Waals surface area (Å²) in [4.78, 5) is 31.4. The van der Waals surface area contributed by atoms with Gasteiger partial charge in [0.15, 0.2) is 5.16 Å². The Balaban J connectivity index is 1.27. The number of thioether (sulfide) groups is 1. The molecule has 0 radical (unpaired) electrons. The summed E-state index contributed by atoms with van der Waals surface area (Å²) in [6, 6.07) is 17.0. The Bertz CT molecular complexity index is 1050. The van der Waals surface area contributed by atoms with E-state index in [1.807, 2.05) is 70.3 Å². The number of rotatable bonds is 6. The first-order valence-electron chi connectivity index (χ1n) is 10.2. The Morgan fingerprint density at radius 1 is 1.10 bits per heavy atom. The number of hydrogen-bond donors (Lipinski definition) is 1. The van der Waals surface area contributed by atoms with Gasteiger partial charge in [0.1, 0.15) is 0 Å². The average Bonchev–Trinajstić information content (AvgIpc) is 3.27. The molecule has 1 aromatic heterocycles. The van der Waals surface area contributed by atoms with Gasteiger partial charge in [0.25, 0.3) is 0 Å². The number of amides is 2. The lowest BCUT2D eigenvalue weighted by molar-refractivity contribution is -0.132. The van der Waals surface area contributed by atoms with Crippen molar-refractivity contribution < 1.29 is 9.59 Å². The van der Waals surface area contributed by atoms with E-state index in [2.05, 4.69) is 10.3 Å². The Labute approximate surface area is 190 Å². The number of anilines is 1. The third kappa shape index (κ3) is 5.48. The van der Waals surface area contributed by atoms with Gasteiger partial charge < -0.3 is 10.2 Å². The molecule has 8 heteroatoms. The number of hydrogen-bond acceptors (Lipinski definition) is 4. The molecule has 6 nitrogen and oxygen atoms in total. The average molecular weight is 455 g/mol. The van der Waals surface area contributed by atoms with Crippen LogP contribution in [-0.4, -0.2) is 45.1 Å². The Hall–Kier alpha value is -2.77. The van der Waals surface area contributed by atoms with E-state index in [0.29, 0.717) is 36.7 Å². The number of nitrogens with one attached hydrogen (secondary N) is 1. The molecule has 0 spiro atoms. The topological polar surface area (TPSA) is 67.2 Å². The molecule has 0 unspecified atom stereocenters. The normalized spacial score (nSPS) is 14.4. The van der Waals surface area contributed by atoms with Crippen LogP contribution in [0.1, 0.15) is 12.8 Å². The number of likely N-dealkylation sites (tertiary alicyclic amines) is 1. The molecule has 1 N–H and O–H groups in total. The van der Waals surface area contributed by atoms with Crippen molar-refractivity contribution in [1.29, 1.82) is 0 Å². The fourth-order valence-corrected chi connectivity index (χ4v) is 4.65. The summed E-state index contributed by atoms with van der Waals surface area (Å²) in [7, 11) is 0. The highest BCUT2D eigenvalue weighted by molar-refractivity contribution is 7.99. The van der Waals surface area contributed by atoms with Crippen LogP contribution in [0.25, 0.3) is 5.69 Å². The lowest BCUT2D eigenvalue weighted by Crippen LogP contribution is -2.42. The molecule has 160 valence electrons. The maximum absolute atomic E-state index is 12.7. The molecule has 0 bridgehead atoms. The van der Waals surface area contributed by atoms with Gasteiger partial charge in [-0.25, -0.2) is 4.98 Å². The first-order valence-corrected chi connectivity index (χ1v) is 11.5. The first kappa shape index (κ1) is 21.5. The summed E-state index contributed by atoms with van der Waals surface area (Å²) in [5, 5.41) is 4.35. The highest BCUT2D eigenvalue weighted by Crippen LogP contribution is 2.24. The Morgan fingerprint density at radius 2 is 1.87 bits per heavy atom. The third-order valence-electron chi connectivity index (χ3n) is 5.28. The quantitative estimate of drug-likeness (QED) is 0.557. The van der Waals surface area contributed by atoms with Crippen LogP contribution < -0.4 is 5.32 Å². The van der Waals surface area contributed by atoms with E-state index in [9.17, 15) is 9.59 Å². The smallest absolute Gasteiger partial charge is 0.233 e. The molecule has 1 aliphatic heterocycles. The number of nitrogens with zero attached hydrogens (tertiary/aromatic N) is 3. The van der Waals surface area contributed by atoms with Crippen LogP contribution >= 0.6 is 23.4 Å². The van der Waals surface area contributed by atoms with Gasteiger partial charge in [-0.15, -0.1) is 0 Å². The van der Waals surface area contributed by atoms with Gasteiger partial charge in [0, 0.05) is 47.8 Å². The van der Waals surface area contributed by atoms with Crippen molar-refractivity contribution >= 4 is 40.9 Å². The van der Waals surface area contributed by atoms with E-state index in [1.165, 1.54) is 11.8 Å². The van der Waals surface area contributed by atoms with Gasteiger partial charge in [-0.1, -0.05) is 47.6 Å². The van der Waals surface area contributed by atoms with Crippen LogP contribution in [-0.2, 0) is 9.59 Å². The Morgan fingerprint density at radius 3 is 2.61 bits per heavy atom. The second-order valence-corrected chi connectivity index (χ2v) is 8.74. The number of imidazole rings is 1. The summed E-state index contributed by atoms with van der Waals surface area (Å²) >= 11 is 7.50. The predicted octanol–water partition coefficient (Wildman–Crippen LogP) is 4.50. The van der Waals surface area contributed by atoms with E-state index in [4.69, 9.17) is 11.6 Å². The summed E-state index contributed by atoms with van der Waals surface area (Å²) in [5.41, 5.74) is 1.71. The number of para-hydroxylation sites is 1. The minimum absolute atomic E-state index is 0.0243. The molecule has 1 fully saturated rings. The molecular weight excluding hydrogens is 432 g/mol.